The lowest BCUT2D eigenvalue weighted by atomic mass is 10.1. The Morgan fingerprint density at radius 2 is 1.96 bits per heavy atom. The normalized spacial score (nSPS) is 11.1. The number of ether oxygens (including phenoxy) is 1. The van der Waals surface area contributed by atoms with E-state index in [9.17, 15) is 0 Å². The molecule has 0 fully saturated rings. The van der Waals surface area contributed by atoms with E-state index in [1.165, 1.54) is 5.56 Å². The summed E-state index contributed by atoms with van der Waals surface area (Å²) in [5.41, 5.74) is 8.08. The van der Waals surface area contributed by atoms with Crippen LogP contribution in [0.15, 0.2) is 47.1 Å². The van der Waals surface area contributed by atoms with Gasteiger partial charge in [0.25, 0.3) is 0 Å². The number of hydrogen-bond acceptors (Lipinski definition) is 8. The number of nitrogen functional groups attached to an aromatic ring is 1. The average Bonchev–Trinajstić information content (AvgIpc) is 3.19. The molecule has 2 aromatic heterocycles. The molecule has 3 aromatic rings. The molecule has 0 amide bonds. The van der Waals surface area contributed by atoms with Crippen LogP contribution in [0, 0.1) is 0 Å². The van der Waals surface area contributed by atoms with E-state index in [4.69, 9.17) is 14.9 Å². The van der Waals surface area contributed by atoms with E-state index in [0.29, 0.717) is 38.0 Å². The van der Waals surface area contributed by atoms with Gasteiger partial charge in [0.05, 0.1) is 26.0 Å². The van der Waals surface area contributed by atoms with Crippen molar-refractivity contribution in [3.8, 4) is 0 Å². The van der Waals surface area contributed by atoms with Crippen molar-refractivity contribution in [2.24, 2.45) is 0 Å². The quantitative estimate of drug-likeness (QED) is 0.552. The molecular weight excluding hydrogens is 356 g/mol. The molecule has 8 heteroatoms. The van der Waals surface area contributed by atoms with Crippen LogP contribution in [-0.2, 0) is 24.2 Å². The molecular formula is C20H26N6O2. The number of aryl methyl sites for hydroxylation is 1. The second kappa shape index (κ2) is 9.82. The number of nitrogens with one attached hydrogen (secondary N) is 1. The van der Waals surface area contributed by atoms with E-state index >= 15 is 0 Å². The zero-order valence-corrected chi connectivity index (χ0v) is 16.3. The lowest BCUT2D eigenvalue weighted by Crippen LogP contribution is -2.27. The molecule has 0 aliphatic heterocycles. The maximum Gasteiger partial charge on any atom is 0.232 e. The van der Waals surface area contributed by atoms with Gasteiger partial charge in [-0.1, -0.05) is 25.1 Å². The molecule has 0 saturated heterocycles. The molecule has 0 aliphatic carbocycles. The Labute approximate surface area is 164 Å². The first-order valence-electron chi connectivity index (χ1n) is 9.27. The second-order valence-corrected chi connectivity index (χ2v) is 6.35. The number of rotatable bonds is 10. The lowest BCUT2D eigenvalue weighted by molar-refractivity contribution is 0.133. The van der Waals surface area contributed by atoms with Gasteiger partial charge in [0.2, 0.25) is 11.9 Å². The van der Waals surface area contributed by atoms with Crippen LogP contribution in [0.4, 0.5) is 17.6 Å². The van der Waals surface area contributed by atoms with Gasteiger partial charge in [0.15, 0.2) is 0 Å². The van der Waals surface area contributed by atoms with Crippen LogP contribution in [0.5, 0.6) is 0 Å². The molecule has 28 heavy (non-hydrogen) atoms. The fraction of sp³-hybridized carbons (Fsp3) is 0.350. The first-order valence-corrected chi connectivity index (χ1v) is 9.27. The number of nitrogens with two attached hydrogens (primary N) is 1. The van der Waals surface area contributed by atoms with Crippen LogP contribution in [0.1, 0.15) is 24.1 Å². The minimum absolute atomic E-state index is 0.186. The fourth-order valence-corrected chi connectivity index (χ4v) is 2.89. The summed E-state index contributed by atoms with van der Waals surface area (Å²) < 4.78 is 10.7. The molecule has 0 spiro atoms. The van der Waals surface area contributed by atoms with Gasteiger partial charge in [-0.25, -0.2) is 0 Å². The molecule has 2 heterocycles. The molecule has 0 unspecified atom stereocenters. The highest BCUT2D eigenvalue weighted by Gasteiger charge is 2.13. The number of methoxy groups -OCH3 is 1. The summed E-state index contributed by atoms with van der Waals surface area (Å²) in [6, 6.07) is 11.9. The number of nitrogens with zero attached hydrogens (tertiary/aromatic N) is 4. The van der Waals surface area contributed by atoms with Crippen LogP contribution < -0.4 is 11.1 Å². The molecule has 3 N–H and O–H groups in total. The Balaban J connectivity index is 1.76. The SMILES string of the molecule is CCc1ccccc1Nc1nc(N)nc(CN(CCOC)Cc2ccco2)n1. The van der Waals surface area contributed by atoms with Gasteiger partial charge in [0, 0.05) is 19.3 Å². The topological polar surface area (TPSA) is 102 Å². The molecule has 0 atom stereocenters. The van der Waals surface area contributed by atoms with E-state index in [1.54, 1.807) is 13.4 Å². The highest BCUT2D eigenvalue weighted by Crippen LogP contribution is 2.19. The summed E-state index contributed by atoms with van der Waals surface area (Å²) in [6.07, 6.45) is 2.57. The summed E-state index contributed by atoms with van der Waals surface area (Å²) in [6.45, 7) is 4.54. The van der Waals surface area contributed by atoms with Crippen molar-refractivity contribution in [2.45, 2.75) is 26.4 Å². The summed E-state index contributed by atoms with van der Waals surface area (Å²) >= 11 is 0. The van der Waals surface area contributed by atoms with E-state index in [-0.39, 0.29) is 5.95 Å². The zero-order valence-electron chi connectivity index (χ0n) is 16.3. The van der Waals surface area contributed by atoms with E-state index in [2.05, 4.69) is 38.2 Å². The Morgan fingerprint density at radius 1 is 1.11 bits per heavy atom. The predicted octanol–water partition coefficient (Wildman–Crippen LogP) is 3.00. The number of anilines is 3. The molecule has 8 nitrogen and oxygen atoms in total. The number of furan rings is 1. The van der Waals surface area contributed by atoms with Gasteiger partial charge in [-0.3, -0.25) is 4.90 Å². The lowest BCUT2D eigenvalue weighted by Gasteiger charge is -2.20. The molecule has 148 valence electrons. The molecule has 0 bridgehead atoms. The number of hydrogen-bond donors (Lipinski definition) is 2. The van der Waals surface area contributed by atoms with Crippen LogP contribution in [0.3, 0.4) is 0 Å². The third-order valence-electron chi connectivity index (χ3n) is 4.28. The van der Waals surface area contributed by atoms with Crippen LogP contribution >= 0.6 is 0 Å². The maximum atomic E-state index is 5.93. The third-order valence-corrected chi connectivity index (χ3v) is 4.28. The van der Waals surface area contributed by atoms with Crippen molar-refractivity contribution in [3.63, 3.8) is 0 Å². The van der Waals surface area contributed by atoms with E-state index < -0.39 is 0 Å². The Hall–Kier alpha value is -2.97. The second-order valence-electron chi connectivity index (χ2n) is 6.35. The van der Waals surface area contributed by atoms with Gasteiger partial charge in [0.1, 0.15) is 11.6 Å². The Morgan fingerprint density at radius 3 is 2.71 bits per heavy atom. The molecule has 1 aromatic carbocycles. The first kappa shape index (κ1) is 19.8. The number of benzene rings is 1. The van der Waals surface area contributed by atoms with Crippen molar-refractivity contribution in [3.05, 3.63) is 59.8 Å². The third kappa shape index (κ3) is 5.51. The minimum Gasteiger partial charge on any atom is -0.468 e. The predicted molar refractivity (Wildman–Crippen MR) is 108 cm³/mol. The zero-order chi connectivity index (χ0) is 19.8. The Bertz CT molecular complexity index is 869. The maximum absolute atomic E-state index is 5.93. The van der Waals surface area contributed by atoms with Crippen molar-refractivity contribution >= 4 is 17.6 Å². The smallest absolute Gasteiger partial charge is 0.232 e. The summed E-state index contributed by atoms with van der Waals surface area (Å²) in [4.78, 5) is 15.2. The molecule has 0 aliphatic rings. The molecule has 0 radical (unpaired) electrons. The number of para-hydroxylation sites is 1. The van der Waals surface area contributed by atoms with Gasteiger partial charge >= 0.3 is 0 Å². The van der Waals surface area contributed by atoms with Crippen molar-refractivity contribution in [1.82, 2.24) is 19.9 Å². The standard InChI is InChI=1S/C20H26N6O2/c1-3-15-7-4-5-9-17(15)22-20-24-18(23-19(21)25-20)14-26(10-12-27-2)13-16-8-6-11-28-16/h4-9,11H,3,10,12-14H2,1-2H3,(H3,21,22,23,24,25). The van der Waals surface area contributed by atoms with E-state index in [1.807, 2.05) is 30.3 Å². The van der Waals surface area contributed by atoms with Crippen molar-refractivity contribution in [2.75, 3.05) is 31.3 Å². The van der Waals surface area contributed by atoms with Crippen molar-refractivity contribution < 1.29 is 9.15 Å². The highest BCUT2D eigenvalue weighted by atomic mass is 16.5. The van der Waals surface area contributed by atoms with Gasteiger partial charge in [-0.05, 0) is 30.2 Å². The minimum atomic E-state index is 0.186. The van der Waals surface area contributed by atoms with Crippen LogP contribution in [-0.4, -0.2) is 40.1 Å². The Kier molecular flexibility index (Phi) is 6.94. The van der Waals surface area contributed by atoms with Gasteiger partial charge in [-0.2, -0.15) is 15.0 Å². The summed E-state index contributed by atoms with van der Waals surface area (Å²) in [5.74, 6) is 2.08. The monoisotopic (exact) mass is 382 g/mol. The van der Waals surface area contributed by atoms with Gasteiger partial charge in [-0.15, -0.1) is 0 Å². The molecule has 0 saturated carbocycles. The number of aromatic nitrogens is 3. The van der Waals surface area contributed by atoms with Crippen LogP contribution in [0.2, 0.25) is 0 Å². The largest absolute Gasteiger partial charge is 0.468 e. The van der Waals surface area contributed by atoms with Crippen molar-refractivity contribution in [1.29, 1.82) is 0 Å². The van der Waals surface area contributed by atoms with Gasteiger partial charge < -0.3 is 20.2 Å². The highest BCUT2D eigenvalue weighted by molar-refractivity contribution is 5.58. The van der Waals surface area contributed by atoms with E-state index in [0.717, 1.165) is 17.9 Å². The molecule has 3 rings (SSSR count). The summed E-state index contributed by atoms with van der Waals surface area (Å²) in [5, 5.41) is 3.26. The fourth-order valence-electron chi connectivity index (χ4n) is 2.89. The first-order chi connectivity index (χ1) is 13.7. The summed E-state index contributed by atoms with van der Waals surface area (Å²) in [7, 11) is 1.68. The van der Waals surface area contributed by atoms with Crippen LogP contribution in [0.25, 0.3) is 0 Å². The average molecular weight is 382 g/mol.